The van der Waals surface area contributed by atoms with Gasteiger partial charge in [0.05, 0.1) is 0 Å². The van der Waals surface area contributed by atoms with Crippen LogP contribution in [-0.2, 0) is 14.3 Å². The molecule has 3 rings (SSSR count). The van der Waals surface area contributed by atoms with Gasteiger partial charge in [-0.15, -0.1) is 0 Å². The van der Waals surface area contributed by atoms with Gasteiger partial charge in [-0.05, 0) is 56.2 Å². The number of unbranched alkanes of at least 4 members (excludes halogenated alkanes) is 3. The minimum absolute atomic E-state index is 0.0106. The number of hydrogen-bond acceptors (Lipinski definition) is 6. The lowest BCUT2D eigenvalue weighted by Crippen LogP contribution is -2.53. The standard InChI is InChI=1S/C32H41N3O5S/c1-5-6-7-12-19-35(30(38)26(21-41)34-31(39)40-32(2,3)4)28(25-15-10-11-16-27(25)36)29(37)33-24-18-17-22-13-8-9-14-23(22)20-24/h8-11,13-18,20,26,28,36,41H,5-7,12,19,21H2,1-4H3,(H,33,37)(H,34,39). The number of fused-ring (bicyclic) bond motifs is 1. The lowest BCUT2D eigenvalue weighted by atomic mass is 10.0. The molecule has 0 spiro atoms. The number of aromatic hydroxyl groups is 1. The lowest BCUT2D eigenvalue weighted by molar-refractivity contribution is -0.140. The van der Waals surface area contributed by atoms with Crippen molar-refractivity contribution in [3.05, 3.63) is 72.3 Å². The Bertz CT molecular complexity index is 1340. The zero-order chi connectivity index (χ0) is 30.0. The molecule has 3 N–H and O–H groups in total. The maximum Gasteiger partial charge on any atom is 0.408 e. The first-order valence-corrected chi connectivity index (χ1v) is 14.7. The van der Waals surface area contributed by atoms with Crippen LogP contribution in [0.4, 0.5) is 10.5 Å². The van der Waals surface area contributed by atoms with E-state index >= 15 is 0 Å². The summed E-state index contributed by atoms with van der Waals surface area (Å²) in [6.07, 6.45) is 2.71. The summed E-state index contributed by atoms with van der Waals surface area (Å²) in [4.78, 5) is 42.1. The van der Waals surface area contributed by atoms with Crippen molar-refractivity contribution in [2.24, 2.45) is 0 Å². The molecule has 0 aliphatic carbocycles. The molecule has 0 saturated carbocycles. The topological polar surface area (TPSA) is 108 Å². The summed E-state index contributed by atoms with van der Waals surface area (Å²) in [5.41, 5.74) is 0.0848. The van der Waals surface area contributed by atoms with Gasteiger partial charge >= 0.3 is 6.09 Å². The quantitative estimate of drug-likeness (QED) is 0.146. The number of rotatable bonds is 12. The van der Waals surface area contributed by atoms with Crippen LogP contribution in [0.1, 0.15) is 65.0 Å². The van der Waals surface area contributed by atoms with Crippen LogP contribution in [0, 0.1) is 0 Å². The Morgan fingerprint density at radius 3 is 2.29 bits per heavy atom. The molecule has 9 heteroatoms. The number of ether oxygens (including phenoxy) is 1. The first kappa shape index (κ1) is 31.8. The van der Waals surface area contributed by atoms with Gasteiger partial charge in [0, 0.05) is 23.5 Å². The summed E-state index contributed by atoms with van der Waals surface area (Å²) >= 11 is 4.33. The van der Waals surface area contributed by atoms with Gasteiger partial charge in [0.25, 0.3) is 5.91 Å². The van der Waals surface area contributed by atoms with Crippen LogP contribution < -0.4 is 10.6 Å². The minimum Gasteiger partial charge on any atom is -0.508 e. The van der Waals surface area contributed by atoms with Gasteiger partial charge in [0.1, 0.15) is 23.4 Å². The van der Waals surface area contributed by atoms with Crippen molar-refractivity contribution in [3.63, 3.8) is 0 Å². The van der Waals surface area contributed by atoms with Crippen LogP contribution in [0.25, 0.3) is 10.8 Å². The van der Waals surface area contributed by atoms with E-state index in [0.29, 0.717) is 12.1 Å². The van der Waals surface area contributed by atoms with Gasteiger partial charge in [-0.2, -0.15) is 12.6 Å². The van der Waals surface area contributed by atoms with Crippen LogP contribution in [0.5, 0.6) is 5.75 Å². The van der Waals surface area contributed by atoms with E-state index in [4.69, 9.17) is 4.74 Å². The Morgan fingerprint density at radius 1 is 0.951 bits per heavy atom. The number of hydrogen-bond donors (Lipinski definition) is 4. The van der Waals surface area contributed by atoms with Crippen LogP contribution >= 0.6 is 12.6 Å². The average molecular weight is 580 g/mol. The maximum atomic E-state index is 14.0. The van der Waals surface area contributed by atoms with Crippen molar-refractivity contribution in [2.45, 2.75) is 71.1 Å². The number of nitrogens with one attached hydrogen (secondary N) is 2. The molecular formula is C32H41N3O5S. The van der Waals surface area contributed by atoms with E-state index in [0.717, 1.165) is 30.0 Å². The van der Waals surface area contributed by atoms with Gasteiger partial charge in [-0.1, -0.05) is 74.7 Å². The molecule has 220 valence electrons. The molecule has 2 unspecified atom stereocenters. The zero-order valence-corrected chi connectivity index (χ0v) is 25.1. The highest BCUT2D eigenvalue weighted by Crippen LogP contribution is 2.31. The van der Waals surface area contributed by atoms with E-state index in [1.165, 1.54) is 11.0 Å². The molecule has 0 heterocycles. The number of carbonyl (C=O) groups excluding carboxylic acids is 3. The largest absolute Gasteiger partial charge is 0.508 e. The first-order chi connectivity index (χ1) is 19.5. The molecule has 2 atom stereocenters. The smallest absolute Gasteiger partial charge is 0.408 e. The fourth-order valence-electron chi connectivity index (χ4n) is 4.56. The highest BCUT2D eigenvalue weighted by Gasteiger charge is 2.37. The Kier molecular flexibility index (Phi) is 11.5. The second-order valence-electron chi connectivity index (χ2n) is 11.0. The van der Waals surface area contributed by atoms with E-state index in [2.05, 4.69) is 30.2 Å². The number of nitrogens with zero attached hydrogens (tertiary/aromatic N) is 1. The Hall–Kier alpha value is -3.72. The molecule has 0 aliphatic heterocycles. The van der Waals surface area contributed by atoms with Crippen LogP contribution in [-0.4, -0.2) is 51.9 Å². The van der Waals surface area contributed by atoms with E-state index in [1.54, 1.807) is 45.0 Å². The van der Waals surface area contributed by atoms with Crippen molar-refractivity contribution < 1.29 is 24.2 Å². The summed E-state index contributed by atoms with van der Waals surface area (Å²) < 4.78 is 5.36. The summed E-state index contributed by atoms with van der Waals surface area (Å²) in [6, 6.07) is 17.6. The normalized spacial score (nSPS) is 12.8. The summed E-state index contributed by atoms with van der Waals surface area (Å²) in [5.74, 6) is -1.10. The number of benzene rings is 3. The first-order valence-electron chi connectivity index (χ1n) is 14.0. The van der Waals surface area contributed by atoms with Gasteiger partial charge < -0.3 is 25.4 Å². The number of alkyl carbamates (subject to hydrolysis) is 1. The number of carbonyl (C=O) groups is 3. The average Bonchev–Trinajstić information content (AvgIpc) is 2.92. The molecule has 0 radical (unpaired) electrons. The molecule has 0 bridgehead atoms. The van der Waals surface area contributed by atoms with Crippen molar-refractivity contribution in [3.8, 4) is 5.75 Å². The molecule has 41 heavy (non-hydrogen) atoms. The third kappa shape index (κ3) is 9.14. The molecule has 3 aromatic rings. The van der Waals surface area contributed by atoms with Crippen LogP contribution in [0.2, 0.25) is 0 Å². The molecule has 3 aromatic carbocycles. The zero-order valence-electron chi connectivity index (χ0n) is 24.2. The van der Waals surface area contributed by atoms with Gasteiger partial charge in [0.15, 0.2) is 0 Å². The Balaban J connectivity index is 1.99. The maximum absolute atomic E-state index is 14.0. The Labute approximate surface area is 247 Å². The summed E-state index contributed by atoms with van der Waals surface area (Å²) in [7, 11) is 0. The fourth-order valence-corrected chi connectivity index (χ4v) is 4.81. The van der Waals surface area contributed by atoms with Gasteiger partial charge in [-0.3, -0.25) is 9.59 Å². The molecule has 8 nitrogen and oxygen atoms in total. The lowest BCUT2D eigenvalue weighted by Gasteiger charge is -2.34. The van der Waals surface area contributed by atoms with Crippen molar-refractivity contribution in [1.82, 2.24) is 10.2 Å². The second-order valence-corrected chi connectivity index (χ2v) is 11.4. The second kappa shape index (κ2) is 14.8. The number of anilines is 1. The molecule has 0 fully saturated rings. The highest BCUT2D eigenvalue weighted by molar-refractivity contribution is 7.80. The third-order valence-corrected chi connectivity index (χ3v) is 6.88. The number of phenolic OH excluding ortho intramolecular Hbond substituents is 1. The van der Waals surface area contributed by atoms with Crippen molar-refractivity contribution >= 4 is 47.0 Å². The van der Waals surface area contributed by atoms with E-state index in [9.17, 15) is 19.5 Å². The van der Waals surface area contributed by atoms with E-state index < -0.39 is 35.6 Å². The van der Waals surface area contributed by atoms with Crippen molar-refractivity contribution in [1.29, 1.82) is 0 Å². The molecule has 0 aromatic heterocycles. The Morgan fingerprint density at radius 2 is 1.63 bits per heavy atom. The fraction of sp³-hybridized carbons (Fsp3) is 0.406. The number of amides is 3. The van der Waals surface area contributed by atoms with Crippen LogP contribution in [0.3, 0.4) is 0 Å². The SMILES string of the molecule is CCCCCCN(C(=O)C(CS)NC(=O)OC(C)(C)C)C(C(=O)Nc1ccc2ccccc2c1)c1ccccc1O. The third-order valence-electron chi connectivity index (χ3n) is 6.52. The summed E-state index contributed by atoms with van der Waals surface area (Å²) in [6.45, 7) is 7.52. The molecule has 3 amide bonds. The van der Waals surface area contributed by atoms with Gasteiger partial charge in [-0.25, -0.2) is 4.79 Å². The number of phenols is 1. The van der Waals surface area contributed by atoms with E-state index in [1.807, 2.05) is 36.4 Å². The number of thiol groups is 1. The predicted molar refractivity (Wildman–Crippen MR) is 166 cm³/mol. The minimum atomic E-state index is -1.17. The predicted octanol–water partition coefficient (Wildman–Crippen LogP) is 6.46. The van der Waals surface area contributed by atoms with E-state index in [-0.39, 0.29) is 23.6 Å². The summed E-state index contributed by atoms with van der Waals surface area (Å²) in [5, 5.41) is 18.4. The van der Waals surface area contributed by atoms with Crippen LogP contribution in [0.15, 0.2) is 66.7 Å². The monoisotopic (exact) mass is 579 g/mol. The van der Waals surface area contributed by atoms with Crippen molar-refractivity contribution in [2.75, 3.05) is 17.6 Å². The molecule has 0 aliphatic rings. The highest BCUT2D eigenvalue weighted by atomic mass is 32.1. The number of para-hydroxylation sites is 1. The van der Waals surface area contributed by atoms with Gasteiger partial charge in [0.2, 0.25) is 5.91 Å². The molecular weight excluding hydrogens is 538 g/mol. The molecule has 0 saturated heterocycles.